The molecule has 96 valence electrons. The summed E-state index contributed by atoms with van der Waals surface area (Å²) >= 11 is 0. The molecule has 6 N–H and O–H groups in total. The number of hydrogen-bond donors (Lipinski definition) is 6. The van der Waals surface area contributed by atoms with E-state index in [0.717, 1.165) is 0 Å². The zero-order valence-corrected chi connectivity index (χ0v) is 8.65. The molecule has 1 aliphatic rings. The molecule has 1 saturated heterocycles. The first-order valence-corrected chi connectivity index (χ1v) is 5.59. The van der Waals surface area contributed by atoms with Crippen molar-refractivity contribution in [2.24, 2.45) is 0 Å². The Labute approximate surface area is 90.3 Å². The smallest absolute Gasteiger partial charge is 0.300 e. The van der Waals surface area contributed by atoms with Crippen molar-refractivity contribution in [3.05, 3.63) is 0 Å². The van der Waals surface area contributed by atoms with Crippen LogP contribution in [-0.2, 0) is 14.9 Å². The second-order valence-corrected chi connectivity index (χ2v) is 5.02. The van der Waals surface area contributed by atoms with Crippen molar-refractivity contribution in [2.45, 2.75) is 29.5 Å². The number of rotatable bonds is 2. The van der Waals surface area contributed by atoms with Crippen molar-refractivity contribution in [3.8, 4) is 0 Å². The third-order valence-electron chi connectivity index (χ3n) is 2.39. The average molecular weight is 260 g/mol. The molecule has 1 heterocycles. The second-order valence-electron chi connectivity index (χ2n) is 3.38. The standard InChI is InChI=1S/C6H12O9S/c7-1-6(16(12,13)14)4(10)2(8)3(9)5(11)15-6/h2-5,7-11H,1H2,(H,12,13,14)/t2-,3-,4+,5?,6+/m1/s1. The van der Waals surface area contributed by atoms with Crippen molar-refractivity contribution in [3.63, 3.8) is 0 Å². The highest BCUT2D eigenvalue weighted by molar-refractivity contribution is 7.87. The zero-order chi connectivity index (χ0) is 12.7. The van der Waals surface area contributed by atoms with Crippen molar-refractivity contribution in [2.75, 3.05) is 6.61 Å². The maximum absolute atomic E-state index is 11.0. The lowest BCUT2D eigenvalue weighted by atomic mass is 9.99. The molecule has 0 aromatic carbocycles. The van der Waals surface area contributed by atoms with Gasteiger partial charge in [0.25, 0.3) is 0 Å². The Hall–Kier alpha value is -0.330. The number of aliphatic hydroxyl groups excluding tert-OH is 5. The predicted molar refractivity (Wildman–Crippen MR) is 46.5 cm³/mol. The zero-order valence-electron chi connectivity index (χ0n) is 7.83. The third kappa shape index (κ3) is 1.83. The first-order chi connectivity index (χ1) is 7.17. The molecule has 0 aromatic heterocycles. The Morgan fingerprint density at radius 2 is 1.62 bits per heavy atom. The van der Waals surface area contributed by atoms with E-state index in [4.69, 9.17) is 19.9 Å². The van der Waals surface area contributed by atoms with Crippen LogP contribution in [0.1, 0.15) is 0 Å². The summed E-state index contributed by atoms with van der Waals surface area (Å²) in [6, 6.07) is 0. The van der Waals surface area contributed by atoms with Gasteiger partial charge in [0, 0.05) is 0 Å². The third-order valence-corrected chi connectivity index (χ3v) is 3.73. The molecule has 1 aliphatic heterocycles. The van der Waals surface area contributed by atoms with E-state index >= 15 is 0 Å². The molecule has 0 bridgehead atoms. The molecule has 0 saturated carbocycles. The predicted octanol–water partition coefficient (Wildman–Crippen LogP) is -4.01. The summed E-state index contributed by atoms with van der Waals surface area (Å²) in [5.41, 5.74) is 0. The van der Waals surface area contributed by atoms with Gasteiger partial charge in [0.15, 0.2) is 6.29 Å². The van der Waals surface area contributed by atoms with E-state index in [0.29, 0.717) is 0 Å². The van der Waals surface area contributed by atoms with Gasteiger partial charge in [-0.2, -0.15) is 8.42 Å². The van der Waals surface area contributed by atoms with Gasteiger partial charge in [-0.05, 0) is 0 Å². The quantitative estimate of drug-likeness (QED) is 0.271. The van der Waals surface area contributed by atoms with Gasteiger partial charge in [-0.15, -0.1) is 0 Å². The largest absolute Gasteiger partial charge is 0.392 e. The summed E-state index contributed by atoms with van der Waals surface area (Å²) in [5, 5.41) is 45.6. The van der Waals surface area contributed by atoms with Gasteiger partial charge in [-0.1, -0.05) is 0 Å². The summed E-state index contributed by atoms with van der Waals surface area (Å²) in [5.74, 6) is 0. The minimum atomic E-state index is -5.13. The molecule has 1 unspecified atom stereocenters. The molecule has 0 amide bonds. The van der Waals surface area contributed by atoms with E-state index in [1.807, 2.05) is 0 Å². The fraction of sp³-hybridized carbons (Fsp3) is 1.00. The second kappa shape index (κ2) is 4.16. The van der Waals surface area contributed by atoms with Crippen LogP contribution in [0.3, 0.4) is 0 Å². The van der Waals surface area contributed by atoms with Crippen LogP contribution < -0.4 is 0 Å². The highest BCUT2D eigenvalue weighted by Gasteiger charge is 2.60. The van der Waals surface area contributed by atoms with Gasteiger partial charge in [0.1, 0.15) is 18.3 Å². The highest BCUT2D eigenvalue weighted by atomic mass is 32.2. The first kappa shape index (κ1) is 13.7. The fourth-order valence-corrected chi connectivity index (χ4v) is 2.21. The Kier molecular flexibility index (Phi) is 3.57. The minimum Gasteiger partial charge on any atom is -0.392 e. The lowest BCUT2D eigenvalue weighted by Gasteiger charge is -2.43. The van der Waals surface area contributed by atoms with Crippen LogP contribution in [0.5, 0.6) is 0 Å². The van der Waals surface area contributed by atoms with E-state index in [-0.39, 0.29) is 0 Å². The number of hydrogen-bond acceptors (Lipinski definition) is 8. The van der Waals surface area contributed by atoms with Crippen LogP contribution in [-0.4, -0.2) is 74.6 Å². The fourth-order valence-electron chi connectivity index (χ4n) is 1.39. The van der Waals surface area contributed by atoms with Crippen LogP contribution in [0, 0.1) is 0 Å². The van der Waals surface area contributed by atoms with Crippen molar-refractivity contribution >= 4 is 10.1 Å². The Morgan fingerprint density at radius 1 is 1.12 bits per heavy atom. The molecule has 9 nitrogen and oxygen atoms in total. The molecule has 0 aliphatic carbocycles. The minimum absolute atomic E-state index is 1.41. The monoisotopic (exact) mass is 260 g/mol. The lowest BCUT2D eigenvalue weighted by Crippen LogP contribution is -2.68. The van der Waals surface area contributed by atoms with Crippen LogP contribution in [0.25, 0.3) is 0 Å². The van der Waals surface area contributed by atoms with E-state index in [9.17, 15) is 18.6 Å². The molecule has 1 rings (SSSR count). The van der Waals surface area contributed by atoms with E-state index < -0.39 is 46.3 Å². The lowest BCUT2D eigenvalue weighted by molar-refractivity contribution is -0.302. The Bertz CT molecular complexity index is 353. The maximum Gasteiger partial charge on any atom is 0.300 e. The SMILES string of the molecule is O=S(=O)(O)[C@]1(CO)OC(O)[C@H](O)[C@@H](O)[C@@H]1O. The van der Waals surface area contributed by atoms with Gasteiger partial charge in [-0.25, -0.2) is 0 Å². The maximum atomic E-state index is 11.0. The summed E-state index contributed by atoms with van der Waals surface area (Å²) in [7, 11) is -5.13. The normalized spacial score (nSPS) is 45.6. The molecular formula is C6H12O9S. The molecule has 16 heavy (non-hydrogen) atoms. The van der Waals surface area contributed by atoms with Crippen molar-refractivity contribution in [1.82, 2.24) is 0 Å². The van der Waals surface area contributed by atoms with Gasteiger partial charge in [0.2, 0.25) is 4.93 Å². The number of ether oxygens (including phenoxy) is 1. The topological polar surface area (TPSA) is 165 Å². The van der Waals surface area contributed by atoms with E-state index in [1.165, 1.54) is 0 Å². The average Bonchev–Trinajstić information content (AvgIpc) is 2.18. The summed E-state index contributed by atoms with van der Waals surface area (Å²) < 4.78 is 35.0. The molecule has 0 radical (unpaired) electrons. The molecule has 0 spiro atoms. The summed E-state index contributed by atoms with van der Waals surface area (Å²) in [6.07, 6.45) is -8.55. The summed E-state index contributed by atoms with van der Waals surface area (Å²) in [4.78, 5) is -2.98. The molecular weight excluding hydrogens is 248 g/mol. The number of aliphatic hydroxyl groups is 5. The Balaban J connectivity index is 3.22. The first-order valence-electron chi connectivity index (χ1n) is 4.15. The van der Waals surface area contributed by atoms with Crippen LogP contribution in [0.15, 0.2) is 0 Å². The van der Waals surface area contributed by atoms with E-state index in [1.54, 1.807) is 0 Å². The molecule has 10 heteroatoms. The molecule has 1 fully saturated rings. The molecule has 5 atom stereocenters. The van der Waals surface area contributed by atoms with Crippen LogP contribution in [0.4, 0.5) is 0 Å². The highest BCUT2D eigenvalue weighted by Crippen LogP contribution is 2.32. The van der Waals surface area contributed by atoms with Crippen molar-refractivity contribution in [1.29, 1.82) is 0 Å². The van der Waals surface area contributed by atoms with Gasteiger partial charge in [0.05, 0.1) is 6.61 Å². The van der Waals surface area contributed by atoms with Crippen LogP contribution >= 0.6 is 0 Å². The molecule has 0 aromatic rings. The van der Waals surface area contributed by atoms with Gasteiger partial charge >= 0.3 is 10.1 Å². The van der Waals surface area contributed by atoms with Crippen molar-refractivity contribution < 1.29 is 43.2 Å². The van der Waals surface area contributed by atoms with Gasteiger partial charge < -0.3 is 30.3 Å². The van der Waals surface area contributed by atoms with Crippen LogP contribution in [0.2, 0.25) is 0 Å². The summed E-state index contributed by atoms with van der Waals surface area (Å²) in [6.45, 7) is -1.41. The van der Waals surface area contributed by atoms with Gasteiger partial charge in [-0.3, -0.25) is 4.55 Å². The Morgan fingerprint density at radius 3 is 2.00 bits per heavy atom. The van der Waals surface area contributed by atoms with E-state index in [2.05, 4.69) is 4.74 Å².